The lowest BCUT2D eigenvalue weighted by Gasteiger charge is -2.08. The summed E-state index contributed by atoms with van der Waals surface area (Å²) >= 11 is 12.0. The summed E-state index contributed by atoms with van der Waals surface area (Å²) in [6, 6.07) is 5.42. The van der Waals surface area contributed by atoms with E-state index in [1.807, 2.05) is 19.2 Å². The van der Waals surface area contributed by atoms with E-state index >= 15 is 0 Å². The molecule has 0 bridgehead atoms. The van der Waals surface area contributed by atoms with Crippen LogP contribution in [0.1, 0.15) is 5.56 Å². The molecule has 3 aromatic rings. The van der Waals surface area contributed by atoms with Crippen LogP contribution in [-0.4, -0.2) is 19.7 Å². The SMILES string of the molecule is Cn1ncc2c(NCc3ccc(Cl)cc3Cl)ncnc21. The minimum Gasteiger partial charge on any atom is -0.365 e. The van der Waals surface area contributed by atoms with E-state index < -0.39 is 0 Å². The standard InChI is InChI=1S/C13H11Cl2N5/c1-20-13-10(6-19-20)12(17-7-18-13)16-5-8-2-3-9(14)4-11(8)15/h2-4,6-7H,5H2,1H3,(H,16,17,18). The Balaban J connectivity index is 1.87. The molecular formula is C13H11Cl2N5. The second kappa shape index (κ2) is 5.26. The van der Waals surface area contributed by atoms with Gasteiger partial charge in [0.05, 0.1) is 11.6 Å². The molecule has 1 N–H and O–H groups in total. The number of fused-ring (bicyclic) bond motifs is 1. The maximum Gasteiger partial charge on any atom is 0.163 e. The molecule has 0 radical (unpaired) electrons. The van der Waals surface area contributed by atoms with E-state index in [2.05, 4.69) is 20.4 Å². The summed E-state index contributed by atoms with van der Waals surface area (Å²) in [5.41, 5.74) is 1.73. The predicted molar refractivity (Wildman–Crippen MR) is 80.1 cm³/mol. The normalized spacial score (nSPS) is 10.9. The molecule has 2 aromatic heterocycles. The van der Waals surface area contributed by atoms with Gasteiger partial charge in [0.2, 0.25) is 0 Å². The van der Waals surface area contributed by atoms with Crippen LogP contribution >= 0.6 is 23.2 Å². The molecule has 102 valence electrons. The fraction of sp³-hybridized carbons (Fsp3) is 0.154. The monoisotopic (exact) mass is 307 g/mol. The molecule has 5 nitrogen and oxygen atoms in total. The summed E-state index contributed by atoms with van der Waals surface area (Å²) in [6.07, 6.45) is 3.25. The number of nitrogens with one attached hydrogen (secondary N) is 1. The molecule has 0 aliphatic carbocycles. The molecule has 7 heteroatoms. The van der Waals surface area contributed by atoms with Gasteiger partial charge in [-0.05, 0) is 17.7 Å². The number of hydrogen-bond donors (Lipinski definition) is 1. The van der Waals surface area contributed by atoms with Crippen molar-refractivity contribution >= 4 is 40.1 Å². The smallest absolute Gasteiger partial charge is 0.163 e. The summed E-state index contributed by atoms with van der Waals surface area (Å²) in [4.78, 5) is 8.43. The van der Waals surface area contributed by atoms with E-state index in [0.29, 0.717) is 16.6 Å². The van der Waals surface area contributed by atoms with Crippen LogP contribution in [-0.2, 0) is 13.6 Å². The number of halogens is 2. The van der Waals surface area contributed by atoms with Crippen LogP contribution in [0.4, 0.5) is 5.82 Å². The van der Waals surface area contributed by atoms with Gasteiger partial charge in [0.15, 0.2) is 5.65 Å². The number of aryl methyl sites for hydroxylation is 1. The van der Waals surface area contributed by atoms with Gasteiger partial charge in [-0.2, -0.15) is 5.10 Å². The van der Waals surface area contributed by atoms with E-state index in [4.69, 9.17) is 23.2 Å². The van der Waals surface area contributed by atoms with Crippen molar-refractivity contribution in [3.05, 3.63) is 46.3 Å². The average molecular weight is 308 g/mol. The molecule has 0 aliphatic rings. The number of aromatic nitrogens is 4. The number of rotatable bonds is 3. The van der Waals surface area contributed by atoms with Gasteiger partial charge in [-0.3, -0.25) is 4.68 Å². The largest absolute Gasteiger partial charge is 0.365 e. The maximum absolute atomic E-state index is 6.14. The molecule has 1 aromatic carbocycles. The quantitative estimate of drug-likeness (QED) is 0.807. The molecule has 0 saturated carbocycles. The molecule has 0 atom stereocenters. The van der Waals surface area contributed by atoms with Gasteiger partial charge in [0.25, 0.3) is 0 Å². The Morgan fingerprint density at radius 3 is 2.90 bits per heavy atom. The van der Waals surface area contributed by atoms with Crippen LogP contribution < -0.4 is 5.32 Å². The minimum absolute atomic E-state index is 0.553. The number of benzene rings is 1. The number of anilines is 1. The van der Waals surface area contributed by atoms with Crippen molar-refractivity contribution in [2.75, 3.05) is 5.32 Å². The highest BCUT2D eigenvalue weighted by Gasteiger charge is 2.08. The second-order valence-electron chi connectivity index (χ2n) is 4.32. The summed E-state index contributed by atoms with van der Waals surface area (Å²) in [6.45, 7) is 0.553. The van der Waals surface area contributed by atoms with Crippen LogP contribution in [0, 0.1) is 0 Å². The van der Waals surface area contributed by atoms with Gasteiger partial charge in [-0.15, -0.1) is 0 Å². The average Bonchev–Trinajstić information content (AvgIpc) is 2.80. The molecule has 3 rings (SSSR count). The molecule has 0 unspecified atom stereocenters. The van der Waals surface area contributed by atoms with Crippen molar-refractivity contribution < 1.29 is 0 Å². The third-order valence-corrected chi connectivity index (χ3v) is 3.58. The van der Waals surface area contributed by atoms with Crippen LogP contribution in [0.5, 0.6) is 0 Å². The fourth-order valence-corrected chi connectivity index (χ4v) is 2.42. The summed E-state index contributed by atoms with van der Waals surface area (Å²) < 4.78 is 1.71. The van der Waals surface area contributed by atoms with Crippen molar-refractivity contribution in [2.45, 2.75) is 6.54 Å². The van der Waals surface area contributed by atoms with Crippen molar-refractivity contribution in [3.8, 4) is 0 Å². The Bertz CT molecular complexity index is 769. The molecule has 0 spiro atoms. The van der Waals surface area contributed by atoms with Gasteiger partial charge in [0, 0.05) is 23.6 Å². The van der Waals surface area contributed by atoms with E-state index in [0.717, 1.165) is 22.4 Å². The molecule has 0 amide bonds. The first-order valence-electron chi connectivity index (χ1n) is 5.95. The Morgan fingerprint density at radius 1 is 1.25 bits per heavy atom. The van der Waals surface area contributed by atoms with Crippen LogP contribution in [0.15, 0.2) is 30.7 Å². The molecule has 20 heavy (non-hydrogen) atoms. The summed E-state index contributed by atoms with van der Waals surface area (Å²) in [5.74, 6) is 0.731. The van der Waals surface area contributed by atoms with Gasteiger partial charge in [0.1, 0.15) is 12.1 Å². The van der Waals surface area contributed by atoms with Crippen LogP contribution in [0.3, 0.4) is 0 Å². The Hall–Kier alpha value is -1.85. The first-order chi connectivity index (χ1) is 9.65. The van der Waals surface area contributed by atoms with Crippen molar-refractivity contribution in [1.29, 1.82) is 0 Å². The lowest BCUT2D eigenvalue weighted by Crippen LogP contribution is -2.03. The van der Waals surface area contributed by atoms with Gasteiger partial charge < -0.3 is 5.32 Å². The van der Waals surface area contributed by atoms with E-state index in [1.54, 1.807) is 16.9 Å². The second-order valence-corrected chi connectivity index (χ2v) is 5.16. The summed E-state index contributed by atoms with van der Waals surface area (Å²) in [5, 5.41) is 9.54. The van der Waals surface area contributed by atoms with Gasteiger partial charge >= 0.3 is 0 Å². The molecule has 0 saturated heterocycles. The lowest BCUT2D eigenvalue weighted by atomic mass is 10.2. The lowest BCUT2D eigenvalue weighted by molar-refractivity contribution is 0.785. The zero-order valence-corrected chi connectivity index (χ0v) is 12.2. The Kier molecular flexibility index (Phi) is 3.46. The van der Waals surface area contributed by atoms with Crippen LogP contribution in [0.2, 0.25) is 10.0 Å². The molecule has 0 aliphatic heterocycles. The van der Waals surface area contributed by atoms with Crippen molar-refractivity contribution in [2.24, 2.45) is 7.05 Å². The van der Waals surface area contributed by atoms with Crippen molar-refractivity contribution in [3.63, 3.8) is 0 Å². The highest BCUT2D eigenvalue weighted by molar-refractivity contribution is 6.35. The number of hydrogen-bond acceptors (Lipinski definition) is 4. The zero-order chi connectivity index (χ0) is 14.1. The summed E-state index contributed by atoms with van der Waals surface area (Å²) in [7, 11) is 1.84. The molecular weight excluding hydrogens is 297 g/mol. The third-order valence-electron chi connectivity index (χ3n) is 2.99. The van der Waals surface area contributed by atoms with E-state index in [-0.39, 0.29) is 0 Å². The predicted octanol–water partition coefficient (Wildman–Crippen LogP) is 3.28. The first-order valence-corrected chi connectivity index (χ1v) is 6.71. The highest BCUT2D eigenvalue weighted by atomic mass is 35.5. The molecule has 2 heterocycles. The third kappa shape index (κ3) is 2.42. The maximum atomic E-state index is 6.14. The number of nitrogens with zero attached hydrogens (tertiary/aromatic N) is 4. The molecule has 0 fully saturated rings. The van der Waals surface area contributed by atoms with Crippen molar-refractivity contribution in [1.82, 2.24) is 19.7 Å². The first kappa shape index (κ1) is 13.1. The van der Waals surface area contributed by atoms with Crippen LogP contribution in [0.25, 0.3) is 11.0 Å². The van der Waals surface area contributed by atoms with Gasteiger partial charge in [-0.1, -0.05) is 29.3 Å². The minimum atomic E-state index is 0.553. The fourth-order valence-electron chi connectivity index (χ4n) is 1.95. The highest BCUT2D eigenvalue weighted by Crippen LogP contribution is 2.23. The zero-order valence-electron chi connectivity index (χ0n) is 10.6. The Morgan fingerprint density at radius 2 is 2.10 bits per heavy atom. The Labute approximate surface area is 125 Å². The van der Waals surface area contributed by atoms with Gasteiger partial charge in [-0.25, -0.2) is 9.97 Å². The topological polar surface area (TPSA) is 55.6 Å². The van der Waals surface area contributed by atoms with E-state index in [1.165, 1.54) is 6.33 Å². The van der Waals surface area contributed by atoms with E-state index in [9.17, 15) is 0 Å².